The van der Waals surface area contributed by atoms with Gasteiger partial charge in [-0.3, -0.25) is 0 Å². The van der Waals surface area contributed by atoms with Crippen molar-refractivity contribution in [3.63, 3.8) is 0 Å². The van der Waals surface area contributed by atoms with Gasteiger partial charge in [0.15, 0.2) is 0 Å². The molecule has 0 aliphatic heterocycles. The Morgan fingerprint density at radius 2 is 1.94 bits per heavy atom. The second-order valence-electron chi connectivity index (χ2n) is 4.62. The highest BCUT2D eigenvalue weighted by atomic mass is 35.5. The van der Waals surface area contributed by atoms with Gasteiger partial charge in [-0.1, -0.05) is 29.3 Å². The number of hydrogen-bond acceptors (Lipinski definition) is 1. The molecule has 1 heterocycles. The molecule has 2 aromatic rings. The van der Waals surface area contributed by atoms with Crippen LogP contribution in [0, 0.1) is 0 Å². The van der Waals surface area contributed by atoms with Crippen molar-refractivity contribution in [1.82, 2.24) is 4.57 Å². The molecule has 18 heavy (non-hydrogen) atoms. The van der Waals surface area contributed by atoms with Gasteiger partial charge in [0, 0.05) is 25.0 Å². The van der Waals surface area contributed by atoms with E-state index in [0.29, 0.717) is 10.0 Å². The summed E-state index contributed by atoms with van der Waals surface area (Å²) in [5, 5.41) is 1.18. The monoisotopic (exact) mass is 282 g/mol. The molecule has 0 fully saturated rings. The predicted octanol–water partition coefficient (Wildman–Crippen LogP) is 3.73. The van der Waals surface area contributed by atoms with E-state index in [4.69, 9.17) is 28.9 Å². The number of nitrogens with two attached hydrogens (primary N) is 1. The second kappa shape index (κ2) is 5.79. The topological polar surface area (TPSA) is 30.9 Å². The first kappa shape index (κ1) is 13.5. The Bertz CT molecular complexity index is 532. The zero-order valence-electron chi connectivity index (χ0n) is 10.2. The average molecular weight is 283 g/mol. The van der Waals surface area contributed by atoms with Crippen LogP contribution in [0.4, 0.5) is 0 Å². The smallest absolute Gasteiger partial charge is 0.0595 e. The molecule has 0 bridgehead atoms. The molecule has 0 aliphatic rings. The molecule has 0 aliphatic carbocycles. The summed E-state index contributed by atoms with van der Waals surface area (Å²) in [5.74, 6) is 0. The van der Waals surface area contributed by atoms with Crippen molar-refractivity contribution >= 4 is 23.2 Å². The molecule has 96 valence electrons. The number of halogens is 2. The standard InChI is InChI=1S/C14H16Cl2N2/c1-10(17)6-12-4-5-18(9-12)8-11-2-3-13(15)14(16)7-11/h2-5,7,9-10H,6,8,17H2,1H3. The molecule has 1 aromatic heterocycles. The Morgan fingerprint density at radius 3 is 2.61 bits per heavy atom. The van der Waals surface area contributed by atoms with Crippen LogP contribution in [0.5, 0.6) is 0 Å². The molecular weight excluding hydrogens is 267 g/mol. The predicted molar refractivity (Wildman–Crippen MR) is 77.3 cm³/mol. The fourth-order valence-electron chi connectivity index (χ4n) is 1.93. The lowest BCUT2D eigenvalue weighted by atomic mass is 10.1. The number of benzene rings is 1. The maximum Gasteiger partial charge on any atom is 0.0595 e. The molecule has 0 spiro atoms. The maximum absolute atomic E-state index is 6.00. The minimum atomic E-state index is 0.186. The van der Waals surface area contributed by atoms with Gasteiger partial charge >= 0.3 is 0 Å². The summed E-state index contributed by atoms with van der Waals surface area (Å²) in [6.45, 7) is 2.80. The fourth-order valence-corrected chi connectivity index (χ4v) is 2.25. The van der Waals surface area contributed by atoms with Crippen LogP contribution in [0.25, 0.3) is 0 Å². The molecule has 4 heteroatoms. The molecule has 0 saturated heterocycles. The van der Waals surface area contributed by atoms with E-state index in [-0.39, 0.29) is 6.04 Å². The number of nitrogens with zero attached hydrogens (tertiary/aromatic N) is 1. The van der Waals surface area contributed by atoms with E-state index < -0.39 is 0 Å². The molecule has 0 radical (unpaired) electrons. The molecule has 1 unspecified atom stereocenters. The largest absolute Gasteiger partial charge is 0.350 e. The number of aromatic nitrogens is 1. The van der Waals surface area contributed by atoms with E-state index in [1.807, 2.05) is 25.1 Å². The summed E-state index contributed by atoms with van der Waals surface area (Å²) in [5.41, 5.74) is 8.17. The fraction of sp³-hybridized carbons (Fsp3) is 0.286. The van der Waals surface area contributed by atoms with Crippen molar-refractivity contribution in [2.24, 2.45) is 5.73 Å². The lowest BCUT2D eigenvalue weighted by Crippen LogP contribution is -2.17. The van der Waals surface area contributed by atoms with Crippen molar-refractivity contribution in [2.75, 3.05) is 0 Å². The third-order valence-corrected chi connectivity index (χ3v) is 3.46. The van der Waals surface area contributed by atoms with Crippen molar-refractivity contribution in [3.8, 4) is 0 Å². The Kier molecular flexibility index (Phi) is 4.33. The minimum Gasteiger partial charge on any atom is -0.350 e. The number of rotatable bonds is 4. The first-order valence-electron chi connectivity index (χ1n) is 5.89. The normalized spacial score (nSPS) is 12.7. The zero-order chi connectivity index (χ0) is 13.1. The first-order valence-corrected chi connectivity index (χ1v) is 6.64. The summed E-state index contributed by atoms with van der Waals surface area (Å²) in [6, 6.07) is 7.99. The molecule has 2 N–H and O–H groups in total. The highest BCUT2D eigenvalue weighted by Crippen LogP contribution is 2.23. The van der Waals surface area contributed by atoms with E-state index >= 15 is 0 Å². The molecule has 0 saturated carbocycles. The SMILES string of the molecule is CC(N)Cc1ccn(Cc2ccc(Cl)c(Cl)c2)c1. The van der Waals surface area contributed by atoms with Crippen molar-refractivity contribution in [2.45, 2.75) is 25.9 Å². The van der Waals surface area contributed by atoms with Gasteiger partial charge in [-0.25, -0.2) is 0 Å². The van der Waals surface area contributed by atoms with Gasteiger partial charge in [-0.2, -0.15) is 0 Å². The van der Waals surface area contributed by atoms with Crippen LogP contribution in [0.1, 0.15) is 18.1 Å². The van der Waals surface area contributed by atoms with Gasteiger partial charge in [-0.15, -0.1) is 0 Å². The van der Waals surface area contributed by atoms with Gasteiger partial charge in [0.05, 0.1) is 10.0 Å². The van der Waals surface area contributed by atoms with Crippen LogP contribution in [0.2, 0.25) is 10.0 Å². The van der Waals surface area contributed by atoms with Crippen LogP contribution >= 0.6 is 23.2 Å². The maximum atomic E-state index is 6.00. The van der Waals surface area contributed by atoms with Crippen LogP contribution in [-0.4, -0.2) is 10.6 Å². The Labute approximate surface area is 117 Å². The lowest BCUT2D eigenvalue weighted by molar-refractivity contribution is 0.732. The van der Waals surface area contributed by atoms with Crippen LogP contribution in [0.3, 0.4) is 0 Å². The Morgan fingerprint density at radius 1 is 1.17 bits per heavy atom. The third-order valence-electron chi connectivity index (χ3n) is 2.72. The average Bonchev–Trinajstić information content (AvgIpc) is 2.70. The van der Waals surface area contributed by atoms with Crippen molar-refractivity contribution in [1.29, 1.82) is 0 Å². The van der Waals surface area contributed by atoms with Gasteiger partial charge < -0.3 is 10.3 Å². The molecule has 1 aromatic carbocycles. The first-order chi connectivity index (χ1) is 8.54. The lowest BCUT2D eigenvalue weighted by Gasteiger charge is -2.05. The quantitative estimate of drug-likeness (QED) is 0.910. The van der Waals surface area contributed by atoms with E-state index in [0.717, 1.165) is 18.5 Å². The van der Waals surface area contributed by atoms with Gasteiger partial charge in [0.1, 0.15) is 0 Å². The highest BCUT2D eigenvalue weighted by Gasteiger charge is 2.03. The summed E-state index contributed by atoms with van der Waals surface area (Å²) in [6.07, 6.45) is 5.07. The van der Waals surface area contributed by atoms with Gasteiger partial charge in [0.2, 0.25) is 0 Å². The minimum absolute atomic E-state index is 0.186. The third kappa shape index (κ3) is 3.52. The highest BCUT2D eigenvalue weighted by molar-refractivity contribution is 6.42. The van der Waals surface area contributed by atoms with E-state index in [9.17, 15) is 0 Å². The molecule has 2 nitrogen and oxygen atoms in total. The zero-order valence-corrected chi connectivity index (χ0v) is 11.7. The van der Waals surface area contributed by atoms with Crippen molar-refractivity contribution in [3.05, 3.63) is 57.8 Å². The summed E-state index contributed by atoms with van der Waals surface area (Å²) in [7, 11) is 0. The molecule has 0 amide bonds. The molecular formula is C14H16Cl2N2. The molecule has 1 atom stereocenters. The van der Waals surface area contributed by atoms with Crippen LogP contribution in [0.15, 0.2) is 36.7 Å². The second-order valence-corrected chi connectivity index (χ2v) is 5.44. The van der Waals surface area contributed by atoms with E-state index in [1.165, 1.54) is 5.56 Å². The summed E-state index contributed by atoms with van der Waals surface area (Å²) in [4.78, 5) is 0. The van der Waals surface area contributed by atoms with Crippen molar-refractivity contribution < 1.29 is 0 Å². The van der Waals surface area contributed by atoms with E-state index in [1.54, 1.807) is 0 Å². The van der Waals surface area contributed by atoms with Crippen LogP contribution in [-0.2, 0) is 13.0 Å². The molecule has 2 rings (SSSR count). The Balaban J connectivity index is 2.08. The summed E-state index contributed by atoms with van der Waals surface area (Å²) < 4.78 is 2.12. The van der Waals surface area contributed by atoms with E-state index in [2.05, 4.69) is 23.0 Å². The summed E-state index contributed by atoms with van der Waals surface area (Å²) >= 11 is 11.9. The Hall–Kier alpha value is -0.960. The van der Waals surface area contributed by atoms with Gasteiger partial charge in [0.25, 0.3) is 0 Å². The van der Waals surface area contributed by atoms with Crippen LogP contribution < -0.4 is 5.73 Å². The van der Waals surface area contributed by atoms with Gasteiger partial charge in [-0.05, 0) is 42.7 Å². The number of hydrogen-bond donors (Lipinski definition) is 1.